The van der Waals surface area contributed by atoms with Crippen molar-refractivity contribution < 1.29 is 14.3 Å². The van der Waals surface area contributed by atoms with Gasteiger partial charge in [0, 0.05) is 42.8 Å². The van der Waals surface area contributed by atoms with E-state index in [1.807, 2.05) is 41.2 Å². The van der Waals surface area contributed by atoms with Crippen molar-refractivity contribution in [2.24, 2.45) is 0 Å². The number of hydrogen-bond acceptors (Lipinski definition) is 3. The second-order valence-corrected chi connectivity index (χ2v) is 7.15. The summed E-state index contributed by atoms with van der Waals surface area (Å²) in [5.41, 5.74) is 2.53. The minimum atomic E-state index is -0.326. The third kappa shape index (κ3) is 3.84. The van der Waals surface area contributed by atoms with Gasteiger partial charge in [-0.25, -0.2) is 0 Å². The molecule has 2 heterocycles. The number of ether oxygens (including phenoxy) is 1. The molecule has 0 saturated carbocycles. The van der Waals surface area contributed by atoms with Gasteiger partial charge in [0.05, 0.1) is 23.4 Å². The molecule has 0 aliphatic carbocycles. The number of rotatable bonds is 5. The van der Waals surface area contributed by atoms with Crippen LogP contribution in [0.25, 0.3) is 5.69 Å². The Bertz CT molecular complexity index is 1050. The summed E-state index contributed by atoms with van der Waals surface area (Å²) in [6.07, 6.45) is 5.19. The molecule has 1 saturated heterocycles. The van der Waals surface area contributed by atoms with E-state index in [1.165, 1.54) is 7.11 Å². The van der Waals surface area contributed by atoms with Crippen molar-refractivity contribution in [1.29, 1.82) is 0 Å². The van der Waals surface area contributed by atoms with Gasteiger partial charge in [0.1, 0.15) is 5.75 Å². The fourth-order valence-electron chi connectivity index (χ4n) is 3.43. The number of methoxy groups -OCH3 is 1. The van der Waals surface area contributed by atoms with Crippen LogP contribution in [0.15, 0.2) is 60.9 Å². The minimum absolute atomic E-state index is 0.129. The van der Waals surface area contributed by atoms with E-state index in [0.29, 0.717) is 28.4 Å². The van der Waals surface area contributed by atoms with Gasteiger partial charge in [-0.15, -0.1) is 0 Å². The van der Waals surface area contributed by atoms with Crippen LogP contribution >= 0.6 is 11.6 Å². The highest BCUT2D eigenvalue weighted by molar-refractivity contribution is 6.33. The fourth-order valence-corrected chi connectivity index (χ4v) is 3.69. The Labute approximate surface area is 173 Å². The van der Waals surface area contributed by atoms with E-state index < -0.39 is 0 Å². The number of carbonyl (C=O) groups is 2. The third-order valence-electron chi connectivity index (χ3n) is 4.91. The van der Waals surface area contributed by atoms with Crippen molar-refractivity contribution in [3.8, 4) is 11.4 Å². The number of hydrogen-bond donors (Lipinski definition) is 1. The quantitative estimate of drug-likeness (QED) is 0.673. The second kappa shape index (κ2) is 8.01. The molecule has 1 aliphatic rings. The lowest BCUT2D eigenvalue weighted by atomic mass is 10.1. The molecule has 1 N–H and O–H groups in total. The van der Waals surface area contributed by atoms with Crippen LogP contribution in [0.3, 0.4) is 0 Å². The van der Waals surface area contributed by atoms with Crippen LogP contribution in [0.4, 0.5) is 11.4 Å². The highest BCUT2D eigenvalue weighted by Crippen LogP contribution is 2.31. The zero-order valence-corrected chi connectivity index (χ0v) is 16.6. The van der Waals surface area contributed by atoms with Crippen molar-refractivity contribution in [1.82, 2.24) is 4.57 Å². The maximum Gasteiger partial charge on any atom is 0.259 e. The lowest BCUT2D eigenvalue weighted by molar-refractivity contribution is -0.117. The molecule has 29 heavy (non-hydrogen) atoms. The fraction of sp³-hybridized carbons (Fsp3) is 0.182. The number of aromatic nitrogens is 1. The van der Waals surface area contributed by atoms with Crippen LogP contribution < -0.4 is 15.0 Å². The molecule has 0 bridgehead atoms. The topological polar surface area (TPSA) is 63.6 Å². The van der Waals surface area contributed by atoms with Crippen LogP contribution in [0.1, 0.15) is 23.2 Å². The summed E-state index contributed by atoms with van der Waals surface area (Å²) in [6, 6.07) is 14.3. The van der Waals surface area contributed by atoms with Crippen LogP contribution in [-0.4, -0.2) is 30.0 Å². The molecule has 1 aromatic heterocycles. The smallest absolute Gasteiger partial charge is 0.259 e. The molecule has 0 unspecified atom stereocenters. The van der Waals surface area contributed by atoms with Gasteiger partial charge in [-0.2, -0.15) is 0 Å². The lowest BCUT2D eigenvalue weighted by Gasteiger charge is -2.16. The summed E-state index contributed by atoms with van der Waals surface area (Å²) in [5, 5.41) is 3.30. The second-order valence-electron chi connectivity index (χ2n) is 6.74. The minimum Gasteiger partial charge on any atom is -0.496 e. The molecule has 6 nitrogen and oxygen atoms in total. The largest absolute Gasteiger partial charge is 0.496 e. The van der Waals surface area contributed by atoms with E-state index in [1.54, 1.807) is 29.2 Å². The number of benzene rings is 2. The molecule has 7 heteroatoms. The van der Waals surface area contributed by atoms with Gasteiger partial charge >= 0.3 is 0 Å². The monoisotopic (exact) mass is 409 g/mol. The Hall–Kier alpha value is -3.25. The van der Waals surface area contributed by atoms with Crippen LogP contribution in [0.2, 0.25) is 5.02 Å². The van der Waals surface area contributed by atoms with Gasteiger partial charge in [0.25, 0.3) is 5.91 Å². The molecular formula is C22H20ClN3O3. The molecule has 148 valence electrons. The SMILES string of the molecule is COc1cc(-n2cccc2)c(Cl)cc1C(=O)Nc1ccc(N2CCCC2=O)cc1. The van der Waals surface area contributed by atoms with E-state index in [2.05, 4.69) is 5.32 Å². The Kier molecular flexibility index (Phi) is 5.27. The molecule has 4 rings (SSSR count). The Morgan fingerprint density at radius 2 is 1.86 bits per heavy atom. The molecule has 1 aliphatic heterocycles. The zero-order chi connectivity index (χ0) is 20.4. The summed E-state index contributed by atoms with van der Waals surface area (Å²) in [7, 11) is 1.52. The first kappa shape index (κ1) is 19.1. The molecule has 3 aromatic rings. The third-order valence-corrected chi connectivity index (χ3v) is 5.21. The van der Waals surface area contributed by atoms with Crippen LogP contribution in [0, 0.1) is 0 Å². The van der Waals surface area contributed by atoms with Gasteiger partial charge in [-0.3, -0.25) is 9.59 Å². The van der Waals surface area contributed by atoms with Crippen molar-refractivity contribution in [2.45, 2.75) is 12.8 Å². The number of carbonyl (C=O) groups excluding carboxylic acids is 2. The first-order chi connectivity index (χ1) is 14.1. The summed E-state index contributed by atoms with van der Waals surface area (Å²) < 4.78 is 7.27. The maximum absolute atomic E-state index is 12.8. The zero-order valence-electron chi connectivity index (χ0n) is 15.9. The van der Waals surface area contributed by atoms with Gasteiger partial charge in [0.15, 0.2) is 0 Å². The first-order valence-electron chi connectivity index (χ1n) is 9.29. The number of halogens is 1. The average Bonchev–Trinajstić information content (AvgIpc) is 3.40. The maximum atomic E-state index is 12.8. The molecule has 2 aromatic carbocycles. The average molecular weight is 410 g/mol. The standard InChI is InChI=1S/C22H20ClN3O3/c1-29-20-14-19(25-10-2-3-11-25)18(23)13-17(20)22(28)24-15-6-8-16(9-7-15)26-12-4-5-21(26)27/h2-3,6-11,13-14H,4-5,12H2,1H3,(H,24,28). The Morgan fingerprint density at radius 3 is 2.48 bits per heavy atom. The van der Waals surface area contributed by atoms with Crippen molar-refractivity contribution in [2.75, 3.05) is 23.9 Å². The summed E-state index contributed by atoms with van der Waals surface area (Å²) in [4.78, 5) is 26.4. The van der Waals surface area contributed by atoms with E-state index in [-0.39, 0.29) is 11.8 Å². The van der Waals surface area contributed by atoms with Crippen LogP contribution in [0.5, 0.6) is 5.75 Å². The van der Waals surface area contributed by atoms with Gasteiger partial charge in [-0.05, 0) is 48.9 Å². The molecule has 1 fully saturated rings. The molecule has 0 atom stereocenters. The molecule has 2 amide bonds. The van der Waals surface area contributed by atoms with Gasteiger partial charge in [-0.1, -0.05) is 11.6 Å². The molecular weight excluding hydrogens is 390 g/mol. The number of anilines is 2. The summed E-state index contributed by atoms with van der Waals surface area (Å²) >= 11 is 6.41. The Balaban J connectivity index is 1.55. The van der Waals surface area contributed by atoms with E-state index in [0.717, 1.165) is 24.3 Å². The predicted molar refractivity (Wildman–Crippen MR) is 113 cm³/mol. The number of amides is 2. The normalized spacial score (nSPS) is 13.6. The Morgan fingerprint density at radius 1 is 1.14 bits per heavy atom. The molecule has 0 spiro atoms. The first-order valence-corrected chi connectivity index (χ1v) is 9.67. The van der Waals surface area contributed by atoms with Crippen molar-refractivity contribution in [3.05, 3.63) is 71.5 Å². The lowest BCUT2D eigenvalue weighted by Crippen LogP contribution is -2.23. The van der Waals surface area contributed by atoms with Crippen molar-refractivity contribution in [3.63, 3.8) is 0 Å². The number of nitrogens with zero attached hydrogens (tertiary/aromatic N) is 2. The number of nitrogens with one attached hydrogen (secondary N) is 1. The van der Waals surface area contributed by atoms with Crippen molar-refractivity contribution >= 4 is 34.8 Å². The predicted octanol–water partition coefficient (Wildman–Crippen LogP) is 4.52. The van der Waals surface area contributed by atoms with E-state index in [4.69, 9.17) is 16.3 Å². The van der Waals surface area contributed by atoms with E-state index >= 15 is 0 Å². The van der Waals surface area contributed by atoms with E-state index in [9.17, 15) is 9.59 Å². The summed E-state index contributed by atoms with van der Waals surface area (Å²) in [6.45, 7) is 0.730. The van der Waals surface area contributed by atoms with Crippen LogP contribution in [-0.2, 0) is 4.79 Å². The highest BCUT2D eigenvalue weighted by atomic mass is 35.5. The summed E-state index contributed by atoms with van der Waals surface area (Å²) in [5.74, 6) is 0.228. The van der Waals surface area contributed by atoms with Gasteiger partial charge < -0.3 is 19.5 Å². The highest BCUT2D eigenvalue weighted by Gasteiger charge is 2.22. The van der Waals surface area contributed by atoms with Gasteiger partial charge in [0.2, 0.25) is 5.91 Å². The molecule has 0 radical (unpaired) electrons.